The Morgan fingerprint density at radius 2 is 1.77 bits per heavy atom. The van der Waals surface area contributed by atoms with E-state index in [2.05, 4.69) is 10.6 Å². The second-order valence-corrected chi connectivity index (χ2v) is 6.53. The zero-order valence-electron chi connectivity index (χ0n) is 14.5. The summed E-state index contributed by atoms with van der Waals surface area (Å²) in [6, 6.07) is 13.2. The maximum atomic E-state index is 13.1. The SMILES string of the molecule is C[NH+](CC(=O)NCCc1ccc(Cl)cc1)CC(=O)Nc1cccc(F)c1. The highest BCUT2D eigenvalue weighted by molar-refractivity contribution is 6.30. The molecule has 2 rings (SSSR count). The summed E-state index contributed by atoms with van der Waals surface area (Å²) in [6.45, 7) is 0.807. The van der Waals surface area contributed by atoms with Crippen molar-refractivity contribution in [3.8, 4) is 0 Å². The van der Waals surface area contributed by atoms with Gasteiger partial charge >= 0.3 is 0 Å². The van der Waals surface area contributed by atoms with Crippen LogP contribution in [0.4, 0.5) is 10.1 Å². The van der Waals surface area contributed by atoms with Crippen LogP contribution in [0, 0.1) is 5.82 Å². The summed E-state index contributed by atoms with van der Waals surface area (Å²) in [5.74, 6) is -0.819. The third-order valence-electron chi connectivity index (χ3n) is 3.68. The van der Waals surface area contributed by atoms with E-state index < -0.39 is 5.82 Å². The van der Waals surface area contributed by atoms with Crippen LogP contribution in [0.1, 0.15) is 5.56 Å². The number of anilines is 1. The number of quaternary nitrogens is 1. The first-order chi connectivity index (χ1) is 12.4. The number of halogens is 2. The zero-order chi connectivity index (χ0) is 18.9. The van der Waals surface area contributed by atoms with Crippen molar-refractivity contribution in [3.05, 3.63) is 64.9 Å². The Hall–Kier alpha value is -2.44. The molecule has 0 saturated heterocycles. The number of amides is 2. The van der Waals surface area contributed by atoms with Gasteiger partial charge in [-0.05, 0) is 42.3 Å². The molecule has 0 aliphatic heterocycles. The second kappa shape index (κ2) is 9.89. The van der Waals surface area contributed by atoms with Crippen molar-refractivity contribution in [1.29, 1.82) is 0 Å². The molecule has 2 amide bonds. The fourth-order valence-electron chi connectivity index (χ4n) is 2.44. The largest absolute Gasteiger partial charge is 0.351 e. The molecule has 138 valence electrons. The minimum absolute atomic E-state index is 0.112. The molecule has 3 N–H and O–H groups in total. The summed E-state index contributed by atoms with van der Waals surface area (Å²) in [5, 5.41) is 6.13. The van der Waals surface area contributed by atoms with Gasteiger partial charge in [0.15, 0.2) is 13.1 Å². The number of carbonyl (C=O) groups excluding carboxylic acids is 2. The topological polar surface area (TPSA) is 62.6 Å². The Morgan fingerprint density at radius 1 is 1.08 bits per heavy atom. The van der Waals surface area contributed by atoms with Gasteiger partial charge in [0.05, 0.1) is 7.05 Å². The number of hydrogen-bond donors (Lipinski definition) is 3. The molecule has 0 saturated carbocycles. The van der Waals surface area contributed by atoms with Crippen LogP contribution in [0.2, 0.25) is 5.02 Å². The van der Waals surface area contributed by atoms with Crippen molar-refractivity contribution in [2.45, 2.75) is 6.42 Å². The lowest BCUT2D eigenvalue weighted by atomic mass is 10.1. The summed E-state index contributed by atoms with van der Waals surface area (Å²) in [4.78, 5) is 24.6. The predicted octanol–water partition coefficient (Wildman–Crippen LogP) is 1.29. The van der Waals surface area contributed by atoms with Gasteiger partial charge in [0.25, 0.3) is 11.8 Å². The molecule has 26 heavy (non-hydrogen) atoms. The molecule has 0 fully saturated rings. The minimum atomic E-state index is -0.413. The first-order valence-electron chi connectivity index (χ1n) is 8.30. The molecule has 0 aliphatic rings. The maximum absolute atomic E-state index is 13.1. The second-order valence-electron chi connectivity index (χ2n) is 6.10. The van der Waals surface area contributed by atoms with Crippen LogP contribution in [0.5, 0.6) is 0 Å². The number of benzene rings is 2. The van der Waals surface area contributed by atoms with Crippen molar-refractivity contribution < 1.29 is 18.9 Å². The van der Waals surface area contributed by atoms with Crippen LogP contribution in [-0.2, 0) is 16.0 Å². The summed E-state index contributed by atoms with van der Waals surface area (Å²) < 4.78 is 13.1. The van der Waals surface area contributed by atoms with E-state index in [0.29, 0.717) is 23.7 Å². The fraction of sp³-hybridized carbons (Fsp3) is 0.263. The number of likely N-dealkylation sites (N-methyl/N-ethyl adjacent to an activating group) is 1. The Bertz CT molecular complexity index is 753. The highest BCUT2D eigenvalue weighted by atomic mass is 35.5. The summed E-state index contributed by atoms with van der Waals surface area (Å²) in [7, 11) is 1.75. The average molecular weight is 379 g/mol. The van der Waals surface area contributed by atoms with Gasteiger partial charge < -0.3 is 15.5 Å². The molecule has 0 bridgehead atoms. The monoisotopic (exact) mass is 378 g/mol. The smallest absolute Gasteiger partial charge is 0.279 e. The van der Waals surface area contributed by atoms with E-state index >= 15 is 0 Å². The number of rotatable bonds is 8. The maximum Gasteiger partial charge on any atom is 0.279 e. The lowest BCUT2D eigenvalue weighted by Crippen LogP contribution is -3.11. The molecule has 1 atom stereocenters. The van der Waals surface area contributed by atoms with Crippen LogP contribution >= 0.6 is 11.6 Å². The first-order valence-corrected chi connectivity index (χ1v) is 8.68. The molecule has 0 aromatic heterocycles. The fourth-order valence-corrected chi connectivity index (χ4v) is 2.57. The number of nitrogens with one attached hydrogen (secondary N) is 3. The van der Waals surface area contributed by atoms with Gasteiger partial charge in [-0.25, -0.2) is 4.39 Å². The molecule has 5 nitrogen and oxygen atoms in total. The summed E-state index contributed by atoms with van der Waals surface area (Å²) >= 11 is 5.83. The van der Waals surface area contributed by atoms with Gasteiger partial charge in [-0.3, -0.25) is 9.59 Å². The standard InChI is InChI=1S/C19H21ClFN3O2/c1-24(13-19(26)23-17-4-2-3-16(21)11-17)12-18(25)22-10-9-14-5-7-15(20)8-6-14/h2-8,11H,9-10,12-13H2,1H3,(H,22,25)(H,23,26)/p+1. The molecule has 0 heterocycles. The Morgan fingerprint density at radius 3 is 2.46 bits per heavy atom. The Balaban J connectivity index is 1.67. The van der Waals surface area contributed by atoms with Crippen LogP contribution < -0.4 is 15.5 Å². The molecule has 7 heteroatoms. The number of carbonyl (C=O) groups is 2. The minimum Gasteiger partial charge on any atom is -0.351 e. The van der Waals surface area contributed by atoms with Crippen molar-refractivity contribution >= 4 is 29.1 Å². The summed E-state index contributed by atoms with van der Waals surface area (Å²) in [6.07, 6.45) is 0.710. The molecule has 2 aromatic rings. The molecule has 1 unspecified atom stereocenters. The van der Waals surface area contributed by atoms with E-state index in [-0.39, 0.29) is 24.9 Å². The van der Waals surface area contributed by atoms with Gasteiger partial charge in [0.1, 0.15) is 5.82 Å². The summed E-state index contributed by atoms with van der Waals surface area (Å²) in [5.41, 5.74) is 1.49. The van der Waals surface area contributed by atoms with Crippen LogP contribution in [0.25, 0.3) is 0 Å². The Labute approximate surface area is 157 Å². The molecular weight excluding hydrogens is 357 g/mol. The van der Waals surface area contributed by atoms with E-state index in [9.17, 15) is 14.0 Å². The Kier molecular flexibility index (Phi) is 7.56. The third-order valence-corrected chi connectivity index (χ3v) is 3.93. The van der Waals surface area contributed by atoms with Gasteiger partial charge in [0, 0.05) is 17.3 Å². The van der Waals surface area contributed by atoms with E-state index in [1.54, 1.807) is 13.1 Å². The normalized spacial score (nSPS) is 11.7. The van der Waals surface area contributed by atoms with Gasteiger partial charge in [-0.2, -0.15) is 0 Å². The van der Waals surface area contributed by atoms with Gasteiger partial charge in [0.2, 0.25) is 0 Å². The van der Waals surface area contributed by atoms with Crippen LogP contribution in [0.15, 0.2) is 48.5 Å². The zero-order valence-corrected chi connectivity index (χ0v) is 15.3. The van der Waals surface area contributed by atoms with Crippen LogP contribution in [0.3, 0.4) is 0 Å². The van der Waals surface area contributed by atoms with Crippen molar-refractivity contribution in [1.82, 2.24) is 5.32 Å². The lowest BCUT2D eigenvalue weighted by Gasteiger charge is -2.14. The number of hydrogen-bond acceptors (Lipinski definition) is 2. The lowest BCUT2D eigenvalue weighted by molar-refractivity contribution is -0.862. The van der Waals surface area contributed by atoms with Crippen molar-refractivity contribution in [2.24, 2.45) is 0 Å². The quantitative estimate of drug-likeness (QED) is 0.648. The highest BCUT2D eigenvalue weighted by Crippen LogP contribution is 2.09. The third kappa shape index (κ3) is 7.21. The van der Waals surface area contributed by atoms with Crippen LogP contribution in [-0.4, -0.2) is 38.5 Å². The van der Waals surface area contributed by atoms with Crippen molar-refractivity contribution in [3.63, 3.8) is 0 Å². The highest BCUT2D eigenvalue weighted by Gasteiger charge is 2.14. The molecular formula is C19H22ClFN3O2+. The predicted molar refractivity (Wildman–Crippen MR) is 99.8 cm³/mol. The molecule has 0 aliphatic carbocycles. The molecule has 0 spiro atoms. The van der Waals surface area contributed by atoms with Crippen molar-refractivity contribution in [2.75, 3.05) is 32.0 Å². The first kappa shape index (κ1) is 19.9. The van der Waals surface area contributed by atoms with E-state index in [1.165, 1.54) is 18.2 Å². The average Bonchev–Trinajstić information content (AvgIpc) is 2.56. The van der Waals surface area contributed by atoms with Gasteiger partial charge in [-0.1, -0.05) is 29.8 Å². The van der Waals surface area contributed by atoms with E-state index in [1.807, 2.05) is 24.3 Å². The van der Waals surface area contributed by atoms with E-state index in [4.69, 9.17) is 11.6 Å². The molecule has 2 aromatic carbocycles. The van der Waals surface area contributed by atoms with Gasteiger partial charge in [-0.15, -0.1) is 0 Å². The van der Waals surface area contributed by atoms with E-state index in [0.717, 1.165) is 10.5 Å². The molecule has 0 radical (unpaired) electrons.